The highest BCUT2D eigenvalue weighted by Gasteiger charge is 2.22. The third-order valence-corrected chi connectivity index (χ3v) is 6.43. The fourth-order valence-corrected chi connectivity index (χ4v) is 4.23. The maximum atomic E-state index is 13.2. The molecule has 0 bridgehead atoms. The van der Waals surface area contributed by atoms with E-state index in [-0.39, 0.29) is 16.7 Å². The number of rotatable bonds is 5. The highest BCUT2D eigenvalue weighted by molar-refractivity contribution is 6.00. The molecule has 3 N–H and O–H groups in total. The average molecular weight is 549 g/mol. The zero-order chi connectivity index (χ0) is 29.3. The number of hydrogen-bond donors (Lipinski definition) is 3. The summed E-state index contributed by atoms with van der Waals surface area (Å²) in [6, 6.07) is 15.4. The van der Waals surface area contributed by atoms with E-state index in [0.717, 1.165) is 5.69 Å². The number of aromatic nitrogens is 6. The number of pyridine rings is 2. The van der Waals surface area contributed by atoms with Crippen LogP contribution in [0.1, 0.15) is 32.2 Å². The lowest BCUT2D eigenvalue weighted by Gasteiger charge is -2.14. The van der Waals surface area contributed by atoms with Gasteiger partial charge >= 0.3 is 6.03 Å². The van der Waals surface area contributed by atoms with Crippen molar-refractivity contribution in [2.75, 3.05) is 23.0 Å². The number of amides is 2. The van der Waals surface area contributed by atoms with E-state index in [1.807, 2.05) is 26.8 Å². The predicted octanol–water partition coefficient (Wildman–Crippen LogP) is 4.43. The van der Waals surface area contributed by atoms with Crippen molar-refractivity contribution >= 4 is 34.5 Å². The number of hydrogen-bond acceptors (Lipinski definition) is 8. The second-order valence-corrected chi connectivity index (χ2v) is 10.4. The van der Waals surface area contributed by atoms with E-state index < -0.39 is 6.03 Å². The SMILES string of the molecule is CNc1ncc2cc(-c3cccc(NC(=O)Nc4cc(C(C)(C)C)nn4-c4ccc(C#N)nc4)c3)c(=O)n(C)c2n1. The van der Waals surface area contributed by atoms with E-state index in [1.54, 1.807) is 73.5 Å². The zero-order valence-electron chi connectivity index (χ0n) is 23.2. The van der Waals surface area contributed by atoms with Gasteiger partial charge in [-0.3, -0.25) is 14.7 Å². The molecule has 0 fully saturated rings. The molecule has 12 nitrogen and oxygen atoms in total. The number of nitriles is 1. The van der Waals surface area contributed by atoms with E-state index in [9.17, 15) is 9.59 Å². The highest BCUT2D eigenvalue weighted by Crippen LogP contribution is 2.27. The third kappa shape index (κ3) is 5.46. The van der Waals surface area contributed by atoms with Crippen LogP contribution in [0.3, 0.4) is 0 Å². The van der Waals surface area contributed by atoms with Crippen LogP contribution >= 0.6 is 0 Å². The lowest BCUT2D eigenvalue weighted by Crippen LogP contribution is -2.22. The number of urea groups is 1. The number of carbonyl (C=O) groups excluding carboxylic acids is 1. The number of benzene rings is 1. The van der Waals surface area contributed by atoms with Crippen LogP contribution in [0, 0.1) is 11.3 Å². The number of nitrogens with one attached hydrogen (secondary N) is 3. The maximum absolute atomic E-state index is 13.2. The van der Waals surface area contributed by atoms with Crippen molar-refractivity contribution in [1.82, 2.24) is 29.3 Å². The maximum Gasteiger partial charge on any atom is 0.324 e. The number of anilines is 3. The summed E-state index contributed by atoms with van der Waals surface area (Å²) in [5.74, 6) is 0.850. The molecule has 0 aliphatic rings. The summed E-state index contributed by atoms with van der Waals surface area (Å²) >= 11 is 0. The number of aryl methyl sites for hydroxylation is 1. The quantitative estimate of drug-likeness (QED) is 0.291. The summed E-state index contributed by atoms with van der Waals surface area (Å²) in [5, 5.41) is 23.0. The van der Waals surface area contributed by atoms with Crippen LogP contribution in [-0.2, 0) is 12.5 Å². The van der Waals surface area contributed by atoms with Gasteiger partial charge in [0.1, 0.15) is 23.2 Å². The van der Waals surface area contributed by atoms with Gasteiger partial charge in [-0.25, -0.2) is 19.4 Å². The van der Waals surface area contributed by atoms with Gasteiger partial charge in [-0.05, 0) is 35.9 Å². The van der Waals surface area contributed by atoms with Crippen LogP contribution in [0.2, 0.25) is 0 Å². The van der Waals surface area contributed by atoms with Crippen molar-refractivity contribution in [2.24, 2.45) is 7.05 Å². The smallest absolute Gasteiger partial charge is 0.324 e. The van der Waals surface area contributed by atoms with Crippen molar-refractivity contribution in [3.63, 3.8) is 0 Å². The molecule has 0 saturated heterocycles. The number of fused-ring (bicyclic) bond motifs is 1. The summed E-state index contributed by atoms with van der Waals surface area (Å²) in [4.78, 5) is 39.1. The third-order valence-electron chi connectivity index (χ3n) is 6.43. The fourth-order valence-electron chi connectivity index (χ4n) is 4.23. The van der Waals surface area contributed by atoms with Crippen LogP contribution in [0.15, 0.2) is 65.7 Å². The molecule has 0 aliphatic heterocycles. The van der Waals surface area contributed by atoms with Gasteiger partial charge in [-0.2, -0.15) is 15.3 Å². The van der Waals surface area contributed by atoms with Gasteiger partial charge in [-0.1, -0.05) is 32.9 Å². The minimum atomic E-state index is -0.496. The van der Waals surface area contributed by atoms with E-state index in [0.29, 0.717) is 45.3 Å². The molecule has 5 rings (SSSR count). The molecule has 0 spiro atoms. The molecule has 0 aliphatic carbocycles. The summed E-state index contributed by atoms with van der Waals surface area (Å²) in [6.07, 6.45) is 3.18. The van der Waals surface area contributed by atoms with E-state index >= 15 is 0 Å². The molecule has 12 heteroatoms. The zero-order valence-corrected chi connectivity index (χ0v) is 23.2. The van der Waals surface area contributed by atoms with Crippen LogP contribution in [0.25, 0.3) is 27.8 Å². The second-order valence-electron chi connectivity index (χ2n) is 10.4. The van der Waals surface area contributed by atoms with Crippen molar-refractivity contribution < 1.29 is 4.79 Å². The molecular weight excluding hydrogens is 520 g/mol. The Kier molecular flexibility index (Phi) is 6.94. The van der Waals surface area contributed by atoms with E-state index in [4.69, 9.17) is 5.26 Å². The van der Waals surface area contributed by atoms with Crippen molar-refractivity contribution in [2.45, 2.75) is 26.2 Å². The molecule has 2 amide bonds. The molecular formula is C29H28N10O2. The molecule has 0 saturated carbocycles. The van der Waals surface area contributed by atoms with Gasteiger partial charge in [0.2, 0.25) is 5.95 Å². The highest BCUT2D eigenvalue weighted by atomic mass is 16.2. The van der Waals surface area contributed by atoms with Crippen molar-refractivity contribution in [3.05, 3.63) is 82.7 Å². The minimum absolute atomic E-state index is 0.227. The molecule has 0 unspecified atom stereocenters. The van der Waals surface area contributed by atoms with Gasteiger partial charge in [-0.15, -0.1) is 0 Å². The summed E-state index contributed by atoms with van der Waals surface area (Å²) in [5.41, 5.74) is 3.21. The van der Waals surface area contributed by atoms with Gasteiger partial charge in [0.25, 0.3) is 5.56 Å². The molecule has 4 heterocycles. The van der Waals surface area contributed by atoms with Crippen LogP contribution < -0.4 is 21.5 Å². The number of carbonyl (C=O) groups is 1. The van der Waals surface area contributed by atoms with Gasteiger partial charge in [0, 0.05) is 48.4 Å². The topological polar surface area (TPSA) is 155 Å². The van der Waals surface area contributed by atoms with Crippen molar-refractivity contribution in [3.8, 4) is 22.9 Å². The first-order valence-electron chi connectivity index (χ1n) is 12.8. The summed E-state index contributed by atoms with van der Waals surface area (Å²) in [7, 11) is 3.37. The normalized spacial score (nSPS) is 11.2. The molecule has 4 aromatic heterocycles. The molecule has 1 aromatic carbocycles. The van der Waals surface area contributed by atoms with Gasteiger partial charge < -0.3 is 10.6 Å². The van der Waals surface area contributed by atoms with Crippen LogP contribution in [-0.4, -0.2) is 42.4 Å². The Bertz CT molecular complexity index is 1880. The molecule has 0 radical (unpaired) electrons. The van der Waals surface area contributed by atoms with Crippen molar-refractivity contribution in [1.29, 1.82) is 5.26 Å². The Labute approximate surface area is 235 Å². The van der Waals surface area contributed by atoms with Gasteiger partial charge in [0.15, 0.2) is 0 Å². The fraction of sp³-hybridized carbons (Fsp3) is 0.207. The summed E-state index contributed by atoms with van der Waals surface area (Å²) < 4.78 is 3.05. The molecule has 206 valence electrons. The lowest BCUT2D eigenvalue weighted by atomic mass is 9.92. The predicted molar refractivity (Wildman–Crippen MR) is 157 cm³/mol. The monoisotopic (exact) mass is 548 g/mol. The first-order valence-corrected chi connectivity index (χ1v) is 12.8. The van der Waals surface area contributed by atoms with Crippen LogP contribution in [0.4, 0.5) is 22.2 Å². The molecule has 0 atom stereocenters. The lowest BCUT2D eigenvalue weighted by molar-refractivity contribution is 0.262. The first kappa shape index (κ1) is 27.0. The second kappa shape index (κ2) is 10.5. The minimum Gasteiger partial charge on any atom is -0.357 e. The molecule has 5 aromatic rings. The van der Waals surface area contributed by atoms with Crippen LogP contribution in [0.5, 0.6) is 0 Å². The van der Waals surface area contributed by atoms with E-state index in [2.05, 4.69) is 36.0 Å². The van der Waals surface area contributed by atoms with E-state index in [1.165, 1.54) is 10.8 Å². The summed E-state index contributed by atoms with van der Waals surface area (Å²) in [6.45, 7) is 6.07. The Morgan fingerprint density at radius 1 is 1.02 bits per heavy atom. The number of nitrogens with zero attached hydrogens (tertiary/aromatic N) is 7. The standard InChI is InChI=1S/C29H28N10O2/c1-29(2,3)23-13-24(39(37-23)21-10-9-20(14-30)32-16-21)35-28(41)34-19-8-6-7-17(11-19)22-12-18-15-33-27(31-4)36-25(18)38(5)26(22)40/h6-13,15-16H,1-5H3,(H,31,33,36)(H2,34,35,41). The Hall–Kier alpha value is -5.57. The Morgan fingerprint density at radius 3 is 2.51 bits per heavy atom. The first-order chi connectivity index (χ1) is 19.6. The Morgan fingerprint density at radius 2 is 1.83 bits per heavy atom. The average Bonchev–Trinajstić information content (AvgIpc) is 3.39. The van der Waals surface area contributed by atoms with Gasteiger partial charge in [0.05, 0.1) is 17.6 Å². The Balaban J connectivity index is 1.43. The largest absolute Gasteiger partial charge is 0.357 e. The molecule has 41 heavy (non-hydrogen) atoms.